The number of benzene rings is 1. The molecule has 0 unspecified atom stereocenters. The molecule has 0 aliphatic carbocycles. The van der Waals surface area contributed by atoms with Crippen molar-refractivity contribution in [3.63, 3.8) is 0 Å². The second-order valence-electron chi connectivity index (χ2n) is 7.58. The third-order valence-electron chi connectivity index (χ3n) is 5.16. The van der Waals surface area contributed by atoms with Crippen molar-refractivity contribution in [2.24, 2.45) is 0 Å². The summed E-state index contributed by atoms with van der Waals surface area (Å²) in [5.74, 6) is 1.67. The summed E-state index contributed by atoms with van der Waals surface area (Å²) < 4.78 is 7.01. The quantitative estimate of drug-likeness (QED) is 0.677. The first-order valence-corrected chi connectivity index (χ1v) is 9.80. The maximum absolute atomic E-state index is 12.4. The summed E-state index contributed by atoms with van der Waals surface area (Å²) in [5.41, 5.74) is 1.80. The lowest BCUT2D eigenvalue weighted by molar-refractivity contribution is 0.154. The van der Waals surface area contributed by atoms with Gasteiger partial charge in [0.15, 0.2) is 5.82 Å². The molecule has 1 fully saturated rings. The van der Waals surface area contributed by atoms with E-state index in [1.165, 1.54) is 0 Å². The summed E-state index contributed by atoms with van der Waals surface area (Å²) in [6.45, 7) is 6.49. The number of likely N-dealkylation sites (tertiary alicyclic amines) is 1. The van der Waals surface area contributed by atoms with Gasteiger partial charge in [0.05, 0.1) is 18.3 Å². The zero-order valence-electron chi connectivity index (χ0n) is 16.3. The summed E-state index contributed by atoms with van der Waals surface area (Å²) in [4.78, 5) is 19.1. The first-order valence-electron chi connectivity index (χ1n) is 9.80. The molecular formula is C21H25N5O2. The molecule has 0 atom stereocenters. The standard InChI is InChI=1S/C21H25N5O2/c1-15(2)21-22-19(28-24-21)14-25-12-10-17(11-13-25)26-20(27)9-8-18(23-26)16-6-4-3-5-7-16/h3-9,15,17H,10-14H2,1-2H3. The monoisotopic (exact) mass is 379 g/mol. The Hall–Kier alpha value is -2.80. The molecule has 1 aliphatic heterocycles. The molecule has 1 aromatic carbocycles. The van der Waals surface area contributed by atoms with E-state index in [0.29, 0.717) is 12.4 Å². The number of hydrogen-bond acceptors (Lipinski definition) is 6. The fourth-order valence-electron chi connectivity index (χ4n) is 3.53. The van der Waals surface area contributed by atoms with Gasteiger partial charge in [-0.3, -0.25) is 9.69 Å². The fourth-order valence-corrected chi connectivity index (χ4v) is 3.53. The van der Waals surface area contributed by atoms with Crippen LogP contribution in [0.15, 0.2) is 51.8 Å². The van der Waals surface area contributed by atoms with E-state index in [2.05, 4.69) is 34.0 Å². The number of aromatic nitrogens is 4. The van der Waals surface area contributed by atoms with Gasteiger partial charge in [-0.25, -0.2) is 4.68 Å². The zero-order chi connectivity index (χ0) is 19.5. The summed E-state index contributed by atoms with van der Waals surface area (Å²) in [7, 11) is 0. The second-order valence-corrected chi connectivity index (χ2v) is 7.58. The SMILES string of the molecule is CC(C)c1noc(CN2CCC(n3nc(-c4ccccc4)ccc3=O)CC2)n1. The van der Waals surface area contributed by atoms with Crippen molar-refractivity contribution < 1.29 is 4.52 Å². The summed E-state index contributed by atoms with van der Waals surface area (Å²) in [5, 5.41) is 8.67. The highest BCUT2D eigenvalue weighted by Crippen LogP contribution is 2.23. The molecule has 7 heteroatoms. The van der Waals surface area contributed by atoms with Crippen LogP contribution >= 0.6 is 0 Å². The van der Waals surface area contributed by atoms with Crippen molar-refractivity contribution in [1.29, 1.82) is 0 Å². The summed E-state index contributed by atoms with van der Waals surface area (Å²) in [6.07, 6.45) is 1.74. The largest absolute Gasteiger partial charge is 0.338 e. The molecule has 3 aromatic rings. The average Bonchev–Trinajstić information content (AvgIpc) is 3.19. The van der Waals surface area contributed by atoms with Crippen LogP contribution in [0.4, 0.5) is 0 Å². The maximum Gasteiger partial charge on any atom is 0.267 e. The van der Waals surface area contributed by atoms with Crippen molar-refractivity contribution in [2.75, 3.05) is 13.1 Å². The molecule has 0 radical (unpaired) electrons. The molecule has 0 bridgehead atoms. The predicted molar refractivity (Wildman–Crippen MR) is 106 cm³/mol. The van der Waals surface area contributed by atoms with Gasteiger partial charge in [-0.05, 0) is 18.9 Å². The minimum Gasteiger partial charge on any atom is -0.338 e. The molecule has 7 nitrogen and oxygen atoms in total. The second kappa shape index (κ2) is 8.06. The normalized spacial score (nSPS) is 16.0. The number of hydrogen-bond donors (Lipinski definition) is 0. The Morgan fingerprint density at radius 1 is 1.11 bits per heavy atom. The van der Waals surface area contributed by atoms with Crippen LogP contribution in [-0.2, 0) is 6.54 Å². The third kappa shape index (κ3) is 4.04. The Balaban J connectivity index is 1.42. The van der Waals surface area contributed by atoms with Crippen LogP contribution in [0.1, 0.15) is 50.4 Å². The third-order valence-corrected chi connectivity index (χ3v) is 5.16. The van der Waals surface area contributed by atoms with Gasteiger partial charge >= 0.3 is 0 Å². The summed E-state index contributed by atoms with van der Waals surface area (Å²) in [6, 6.07) is 13.5. The molecule has 0 spiro atoms. The van der Waals surface area contributed by atoms with Crippen LogP contribution in [0.5, 0.6) is 0 Å². The lowest BCUT2D eigenvalue weighted by Crippen LogP contribution is -2.38. The van der Waals surface area contributed by atoms with E-state index in [9.17, 15) is 4.79 Å². The molecule has 1 saturated heterocycles. The van der Waals surface area contributed by atoms with Gasteiger partial charge in [-0.2, -0.15) is 10.1 Å². The molecule has 3 heterocycles. The minimum atomic E-state index is -0.0448. The Bertz CT molecular complexity index is 972. The smallest absolute Gasteiger partial charge is 0.267 e. The zero-order valence-corrected chi connectivity index (χ0v) is 16.3. The van der Waals surface area contributed by atoms with Crippen LogP contribution in [0.2, 0.25) is 0 Å². The van der Waals surface area contributed by atoms with Gasteiger partial charge in [0.2, 0.25) is 5.89 Å². The fraction of sp³-hybridized carbons (Fsp3) is 0.429. The highest BCUT2D eigenvalue weighted by Gasteiger charge is 2.24. The van der Waals surface area contributed by atoms with Crippen LogP contribution in [0.3, 0.4) is 0 Å². The molecule has 146 valence electrons. The van der Waals surface area contributed by atoms with Crippen molar-refractivity contribution in [1.82, 2.24) is 24.8 Å². The Kier molecular flexibility index (Phi) is 5.34. The van der Waals surface area contributed by atoms with Crippen LogP contribution in [-0.4, -0.2) is 37.9 Å². The van der Waals surface area contributed by atoms with Gasteiger partial charge < -0.3 is 4.52 Å². The Morgan fingerprint density at radius 3 is 2.54 bits per heavy atom. The van der Waals surface area contributed by atoms with Crippen LogP contribution in [0, 0.1) is 0 Å². The Morgan fingerprint density at radius 2 is 1.86 bits per heavy atom. The van der Waals surface area contributed by atoms with Crippen molar-refractivity contribution >= 4 is 0 Å². The molecule has 28 heavy (non-hydrogen) atoms. The topological polar surface area (TPSA) is 77.0 Å². The number of piperidine rings is 1. The molecule has 1 aliphatic rings. The van der Waals surface area contributed by atoms with Gasteiger partial charge in [-0.15, -0.1) is 0 Å². The van der Waals surface area contributed by atoms with Gasteiger partial charge in [0.1, 0.15) is 0 Å². The number of rotatable bonds is 5. The van der Waals surface area contributed by atoms with E-state index in [-0.39, 0.29) is 17.5 Å². The van der Waals surface area contributed by atoms with Gasteiger partial charge in [0, 0.05) is 30.6 Å². The average molecular weight is 379 g/mol. The van der Waals surface area contributed by atoms with E-state index < -0.39 is 0 Å². The highest BCUT2D eigenvalue weighted by molar-refractivity contribution is 5.57. The van der Waals surface area contributed by atoms with Crippen LogP contribution in [0.25, 0.3) is 11.3 Å². The first kappa shape index (κ1) is 18.6. The van der Waals surface area contributed by atoms with E-state index >= 15 is 0 Å². The summed E-state index contributed by atoms with van der Waals surface area (Å²) >= 11 is 0. The number of nitrogens with zero attached hydrogens (tertiary/aromatic N) is 5. The molecule has 0 saturated carbocycles. The van der Waals surface area contributed by atoms with Gasteiger partial charge in [-0.1, -0.05) is 49.3 Å². The van der Waals surface area contributed by atoms with Crippen molar-refractivity contribution in [3.8, 4) is 11.3 Å². The van der Waals surface area contributed by atoms with E-state index in [1.54, 1.807) is 16.8 Å². The maximum atomic E-state index is 12.4. The van der Waals surface area contributed by atoms with Crippen molar-refractivity contribution in [3.05, 3.63) is 64.5 Å². The first-order chi connectivity index (χ1) is 13.6. The van der Waals surface area contributed by atoms with Crippen molar-refractivity contribution in [2.45, 2.75) is 45.2 Å². The predicted octanol–water partition coefficient (Wildman–Crippen LogP) is 3.25. The minimum absolute atomic E-state index is 0.0448. The highest BCUT2D eigenvalue weighted by atomic mass is 16.5. The van der Waals surface area contributed by atoms with E-state index in [4.69, 9.17) is 4.52 Å². The van der Waals surface area contributed by atoms with Gasteiger partial charge in [0.25, 0.3) is 5.56 Å². The van der Waals surface area contributed by atoms with E-state index in [1.807, 2.05) is 30.3 Å². The molecule has 4 rings (SSSR count). The Labute approximate surface area is 164 Å². The van der Waals surface area contributed by atoms with E-state index in [0.717, 1.165) is 43.0 Å². The lowest BCUT2D eigenvalue weighted by Gasteiger charge is -2.31. The molecule has 2 aromatic heterocycles. The molecule has 0 amide bonds. The lowest BCUT2D eigenvalue weighted by atomic mass is 10.1. The molecular weight excluding hydrogens is 354 g/mol. The van der Waals surface area contributed by atoms with Crippen LogP contribution < -0.4 is 5.56 Å². The molecule has 0 N–H and O–H groups in total.